The number of hydrogen-bond acceptors (Lipinski definition) is 3. The lowest BCUT2D eigenvalue weighted by atomic mass is 9.80. The fourth-order valence-corrected chi connectivity index (χ4v) is 3.24. The average molecular weight is 382 g/mol. The van der Waals surface area contributed by atoms with Crippen molar-refractivity contribution in [3.63, 3.8) is 0 Å². The van der Waals surface area contributed by atoms with Crippen LogP contribution in [-0.2, 0) is 6.42 Å². The van der Waals surface area contributed by atoms with Gasteiger partial charge in [0.15, 0.2) is 0 Å². The van der Waals surface area contributed by atoms with Gasteiger partial charge in [0.2, 0.25) is 5.96 Å². The number of guanidine groups is 1. The van der Waals surface area contributed by atoms with Crippen LogP contribution in [0.2, 0.25) is 5.02 Å². The van der Waals surface area contributed by atoms with Crippen molar-refractivity contribution in [1.82, 2.24) is 4.98 Å². The number of aromatic nitrogens is 1. The highest BCUT2D eigenvalue weighted by atomic mass is 35.5. The van der Waals surface area contributed by atoms with E-state index in [2.05, 4.69) is 15.2 Å². The first kappa shape index (κ1) is 19.1. The molecular weight excluding hydrogens is 364 g/mol. The highest BCUT2D eigenvalue weighted by Crippen LogP contribution is 2.35. The Labute approximate surface area is 156 Å². The molecule has 1 unspecified atom stereocenters. The van der Waals surface area contributed by atoms with Gasteiger partial charge in [-0.05, 0) is 61.1 Å². The fourth-order valence-electron chi connectivity index (χ4n) is 3.06. The average Bonchev–Trinajstić information content (AvgIpc) is 2.54. The maximum Gasteiger partial charge on any atom is 0.211 e. The second kappa shape index (κ2) is 7.80. The number of hydrogen-bond donors (Lipinski definition) is 2. The third-order valence-corrected chi connectivity index (χ3v) is 4.33. The molecule has 2 aromatic rings. The van der Waals surface area contributed by atoms with Crippen molar-refractivity contribution in [2.24, 2.45) is 21.7 Å². The lowest BCUT2D eigenvalue weighted by Gasteiger charge is -2.26. The van der Waals surface area contributed by atoms with Crippen LogP contribution in [0.4, 0.5) is 4.39 Å². The van der Waals surface area contributed by atoms with Crippen molar-refractivity contribution < 1.29 is 4.39 Å². The number of benzene rings is 1. The van der Waals surface area contributed by atoms with Gasteiger partial charge in [0.25, 0.3) is 0 Å². The molecule has 1 aromatic heterocycles. The van der Waals surface area contributed by atoms with E-state index in [-0.39, 0.29) is 30.1 Å². The molecule has 0 saturated carbocycles. The van der Waals surface area contributed by atoms with E-state index in [1.807, 2.05) is 13.0 Å². The van der Waals surface area contributed by atoms with E-state index in [1.54, 1.807) is 12.3 Å². The number of halogens is 3. The molecule has 5 nitrogen and oxygen atoms in total. The van der Waals surface area contributed by atoms with Gasteiger partial charge in [0.1, 0.15) is 5.82 Å². The van der Waals surface area contributed by atoms with E-state index in [4.69, 9.17) is 23.1 Å². The first-order valence-corrected chi connectivity index (χ1v) is 7.88. The maximum atomic E-state index is 14.3. The van der Waals surface area contributed by atoms with Gasteiger partial charge in [-0.2, -0.15) is 5.10 Å². The van der Waals surface area contributed by atoms with Crippen molar-refractivity contribution in [3.05, 3.63) is 63.7 Å². The minimum absolute atomic E-state index is 0. The smallest absolute Gasteiger partial charge is 0.211 e. The molecule has 1 aromatic carbocycles. The number of aryl methyl sites for hydroxylation is 1. The van der Waals surface area contributed by atoms with Gasteiger partial charge in [0, 0.05) is 16.8 Å². The summed E-state index contributed by atoms with van der Waals surface area (Å²) in [6.45, 7) is 1.98. The zero-order chi connectivity index (χ0) is 17.3. The number of fused-ring (bicyclic) bond motifs is 1. The van der Waals surface area contributed by atoms with E-state index in [9.17, 15) is 4.39 Å². The molecule has 1 aliphatic rings. The summed E-state index contributed by atoms with van der Waals surface area (Å²) in [5.41, 5.74) is 14.8. The number of nitrogens with two attached hydrogens (primary N) is 2. The molecule has 0 spiro atoms. The summed E-state index contributed by atoms with van der Waals surface area (Å²) in [6.07, 6.45) is 2.85. The van der Waals surface area contributed by atoms with Gasteiger partial charge in [-0.3, -0.25) is 4.98 Å². The van der Waals surface area contributed by atoms with Crippen molar-refractivity contribution in [1.29, 1.82) is 0 Å². The Bertz CT molecular complexity index is 847. The number of nitrogens with zero attached hydrogens (tertiary/aromatic N) is 3. The second-order valence-corrected chi connectivity index (χ2v) is 6.23. The van der Waals surface area contributed by atoms with Crippen LogP contribution < -0.4 is 11.5 Å². The lowest BCUT2D eigenvalue weighted by Crippen LogP contribution is -2.24. The number of rotatable bonds is 2. The molecular formula is C17H18Cl2FN5. The van der Waals surface area contributed by atoms with Gasteiger partial charge in [-0.1, -0.05) is 11.6 Å². The van der Waals surface area contributed by atoms with Gasteiger partial charge >= 0.3 is 0 Å². The van der Waals surface area contributed by atoms with E-state index >= 15 is 0 Å². The largest absolute Gasteiger partial charge is 0.369 e. The fraction of sp³-hybridized carbons (Fsp3) is 0.235. The van der Waals surface area contributed by atoms with Crippen LogP contribution in [0.25, 0.3) is 0 Å². The first-order valence-electron chi connectivity index (χ1n) is 7.51. The molecule has 0 radical (unpaired) electrons. The van der Waals surface area contributed by atoms with Crippen LogP contribution in [0.1, 0.15) is 34.7 Å². The van der Waals surface area contributed by atoms with Crippen molar-refractivity contribution in [2.75, 3.05) is 0 Å². The molecule has 1 atom stereocenters. The molecule has 25 heavy (non-hydrogen) atoms. The van der Waals surface area contributed by atoms with Gasteiger partial charge < -0.3 is 11.5 Å². The van der Waals surface area contributed by atoms with Crippen LogP contribution in [-0.4, -0.2) is 16.7 Å². The third kappa shape index (κ3) is 4.08. The van der Waals surface area contributed by atoms with E-state index in [0.717, 1.165) is 16.8 Å². The Balaban J connectivity index is 0.00000225. The highest BCUT2D eigenvalue weighted by Gasteiger charge is 2.29. The highest BCUT2D eigenvalue weighted by molar-refractivity contribution is 6.30. The Morgan fingerprint density at radius 2 is 2.04 bits per heavy atom. The Hall–Kier alpha value is -2.18. The molecule has 0 aliphatic heterocycles. The molecule has 0 saturated heterocycles. The summed E-state index contributed by atoms with van der Waals surface area (Å²) in [4.78, 5) is 4.44. The minimum atomic E-state index is -0.290. The van der Waals surface area contributed by atoms with Crippen LogP contribution in [0.15, 0.2) is 40.7 Å². The van der Waals surface area contributed by atoms with Gasteiger partial charge in [-0.25, -0.2) is 4.39 Å². The van der Waals surface area contributed by atoms with E-state index in [0.29, 0.717) is 29.1 Å². The van der Waals surface area contributed by atoms with Crippen molar-refractivity contribution >= 4 is 35.7 Å². The number of pyridine rings is 1. The topological polar surface area (TPSA) is 89.6 Å². The van der Waals surface area contributed by atoms with Crippen LogP contribution in [0.5, 0.6) is 0 Å². The molecule has 1 aliphatic carbocycles. The summed E-state index contributed by atoms with van der Waals surface area (Å²) in [6, 6.07) is 6.47. The monoisotopic (exact) mass is 381 g/mol. The zero-order valence-corrected chi connectivity index (χ0v) is 15.1. The first-order chi connectivity index (χ1) is 11.5. The molecule has 132 valence electrons. The Kier molecular flexibility index (Phi) is 5.98. The standard InChI is InChI=1S/C17H17ClFN5.ClH/c1-9-4-5-22-14-6-10(12-8-11(18)2-3-13(12)19)7-15(16(9)14)23-24-17(20)21;/h2-5,8,10H,6-7H2,1H3,(H4,20,21,24);1H/b23-15-;. The molecule has 0 amide bonds. The van der Waals surface area contributed by atoms with Crippen LogP contribution >= 0.6 is 24.0 Å². The van der Waals surface area contributed by atoms with Crippen LogP contribution in [0, 0.1) is 12.7 Å². The van der Waals surface area contributed by atoms with E-state index in [1.165, 1.54) is 12.1 Å². The molecule has 1 heterocycles. The molecule has 4 N–H and O–H groups in total. The Morgan fingerprint density at radius 3 is 2.76 bits per heavy atom. The predicted octanol–water partition coefficient (Wildman–Crippen LogP) is 3.31. The maximum absolute atomic E-state index is 14.3. The van der Waals surface area contributed by atoms with Crippen LogP contribution in [0.3, 0.4) is 0 Å². The quantitative estimate of drug-likeness (QED) is 0.474. The molecule has 0 bridgehead atoms. The van der Waals surface area contributed by atoms with Gasteiger partial charge in [0.05, 0.1) is 11.4 Å². The lowest BCUT2D eigenvalue weighted by molar-refractivity contribution is 0.572. The second-order valence-electron chi connectivity index (χ2n) is 5.79. The van der Waals surface area contributed by atoms with Crippen molar-refractivity contribution in [2.45, 2.75) is 25.7 Å². The normalized spacial score (nSPS) is 17.6. The summed E-state index contributed by atoms with van der Waals surface area (Å²) in [7, 11) is 0. The SMILES string of the molecule is Cc1ccnc2c1/C(=N\N=C(N)N)CC(c1cc(Cl)ccc1F)C2.Cl. The molecule has 8 heteroatoms. The summed E-state index contributed by atoms with van der Waals surface area (Å²) < 4.78 is 14.3. The summed E-state index contributed by atoms with van der Waals surface area (Å²) in [5, 5.41) is 8.44. The molecule has 0 fully saturated rings. The Morgan fingerprint density at radius 1 is 1.28 bits per heavy atom. The summed E-state index contributed by atoms with van der Waals surface area (Å²) >= 11 is 6.03. The van der Waals surface area contributed by atoms with E-state index < -0.39 is 0 Å². The predicted molar refractivity (Wildman–Crippen MR) is 101 cm³/mol. The minimum Gasteiger partial charge on any atom is -0.369 e. The summed E-state index contributed by atoms with van der Waals surface area (Å²) in [5.74, 6) is -0.540. The zero-order valence-electron chi connectivity index (χ0n) is 13.5. The van der Waals surface area contributed by atoms with Crippen molar-refractivity contribution in [3.8, 4) is 0 Å². The molecule has 3 rings (SSSR count). The third-order valence-electron chi connectivity index (χ3n) is 4.09. The van der Waals surface area contributed by atoms with Gasteiger partial charge in [-0.15, -0.1) is 17.5 Å².